The first-order chi connectivity index (χ1) is 13.0. The Balaban J connectivity index is 1.80. The zero-order valence-corrected chi connectivity index (χ0v) is 17.0. The normalized spacial score (nSPS) is 12.0. The van der Waals surface area contributed by atoms with Crippen LogP contribution in [-0.2, 0) is 4.79 Å². The molecule has 1 atom stereocenters. The summed E-state index contributed by atoms with van der Waals surface area (Å²) >= 11 is 3.03. The highest BCUT2D eigenvalue weighted by molar-refractivity contribution is 7.20. The van der Waals surface area contributed by atoms with Crippen molar-refractivity contribution >= 4 is 50.5 Å². The van der Waals surface area contributed by atoms with Gasteiger partial charge >= 0.3 is 0 Å². The molecule has 2 amide bonds. The van der Waals surface area contributed by atoms with Crippen LogP contribution in [0.4, 0.5) is 5.82 Å². The highest BCUT2D eigenvalue weighted by Crippen LogP contribution is 2.34. The van der Waals surface area contributed by atoms with Gasteiger partial charge in [0.05, 0.1) is 16.3 Å². The van der Waals surface area contributed by atoms with Gasteiger partial charge in [-0.05, 0) is 30.9 Å². The highest BCUT2D eigenvalue weighted by atomic mass is 32.1. The third-order valence-corrected chi connectivity index (χ3v) is 6.29. The lowest BCUT2D eigenvalue weighted by atomic mass is 10.2. The molecule has 27 heavy (non-hydrogen) atoms. The van der Waals surface area contributed by atoms with E-state index in [0.29, 0.717) is 18.0 Å². The standard InChI is InChI=1S/C18H21N5O2S2/c1-10-14-16(23-11(2)13-5-4-8-26-13)21-9-22-18(14)27-15(10)17(25)20-7-6-19-12(3)24/h4-5,8-9,11H,6-7H2,1-3H3,(H,19,24)(H,20,25)(H,21,22,23)/t11-/m1/s1. The van der Waals surface area contributed by atoms with Gasteiger partial charge < -0.3 is 16.0 Å². The maximum absolute atomic E-state index is 12.5. The summed E-state index contributed by atoms with van der Waals surface area (Å²) in [5.41, 5.74) is 0.855. The molecule has 0 aliphatic carbocycles. The minimum absolute atomic E-state index is 0.109. The maximum atomic E-state index is 12.5. The molecule has 0 spiro atoms. The Hall–Kier alpha value is -2.52. The number of fused-ring (bicyclic) bond motifs is 1. The summed E-state index contributed by atoms with van der Waals surface area (Å²) in [6.45, 7) is 6.21. The Morgan fingerprint density at radius 3 is 2.70 bits per heavy atom. The highest BCUT2D eigenvalue weighted by Gasteiger charge is 2.20. The molecule has 3 heterocycles. The van der Waals surface area contributed by atoms with E-state index in [-0.39, 0.29) is 17.9 Å². The summed E-state index contributed by atoms with van der Waals surface area (Å²) in [6, 6.07) is 4.21. The van der Waals surface area contributed by atoms with Gasteiger partial charge in [0, 0.05) is 24.9 Å². The predicted octanol–water partition coefficient (Wildman–Crippen LogP) is 3.10. The fourth-order valence-corrected chi connectivity index (χ4v) is 4.51. The molecule has 0 saturated carbocycles. The number of anilines is 1. The van der Waals surface area contributed by atoms with E-state index in [1.165, 1.54) is 29.5 Å². The van der Waals surface area contributed by atoms with Crippen LogP contribution in [0.25, 0.3) is 10.2 Å². The first kappa shape index (κ1) is 19.2. The summed E-state index contributed by atoms with van der Waals surface area (Å²) in [6.07, 6.45) is 1.51. The molecule has 0 fully saturated rings. The van der Waals surface area contributed by atoms with Crippen molar-refractivity contribution in [3.63, 3.8) is 0 Å². The first-order valence-electron chi connectivity index (χ1n) is 8.54. The summed E-state index contributed by atoms with van der Waals surface area (Å²) in [5.74, 6) is 0.443. The zero-order chi connectivity index (χ0) is 19.4. The van der Waals surface area contributed by atoms with E-state index < -0.39 is 0 Å². The minimum atomic E-state index is -0.168. The van der Waals surface area contributed by atoms with Crippen LogP contribution in [0.3, 0.4) is 0 Å². The molecule has 0 aromatic carbocycles. The lowest BCUT2D eigenvalue weighted by molar-refractivity contribution is -0.118. The lowest BCUT2D eigenvalue weighted by Gasteiger charge is -2.13. The van der Waals surface area contributed by atoms with Gasteiger partial charge in [0.25, 0.3) is 5.91 Å². The summed E-state index contributed by atoms with van der Waals surface area (Å²) in [4.78, 5) is 34.7. The van der Waals surface area contributed by atoms with Crippen molar-refractivity contribution in [3.05, 3.63) is 39.2 Å². The molecule has 0 aliphatic rings. The molecule has 142 valence electrons. The van der Waals surface area contributed by atoms with Crippen molar-refractivity contribution in [2.24, 2.45) is 0 Å². The van der Waals surface area contributed by atoms with Gasteiger partial charge in [-0.1, -0.05) is 6.07 Å². The van der Waals surface area contributed by atoms with Crippen molar-refractivity contribution in [3.8, 4) is 0 Å². The van der Waals surface area contributed by atoms with Gasteiger partial charge in [0.2, 0.25) is 5.91 Å². The van der Waals surface area contributed by atoms with Gasteiger partial charge in [-0.25, -0.2) is 9.97 Å². The average molecular weight is 404 g/mol. The number of hydrogen-bond donors (Lipinski definition) is 3. The lowest BCUT2D eigenvalue weighted by Crippen LogP contribution is -2.33. The Labute approximate surface area is 165 Å². The number of amides is 2. The van der Waals surface area contributed by atoms with Crippen molar-refractivity contribution in [2.75, 3.05) is 18.4 Å². The van der Waals surface area contributed by atoms with Crippen LogP contribution in [0.15, 0.2) is 23.8 Å². The molecule has 3 rings (SSSR count). The van der Waals surface area contributed by atoms with Gasteiger partial charge in [0.15, 0.2) is 0 Å². The first-order valence-corrected chi connectivity index (χ1v) is 10.2. The number of rotatable bonds is 7. The topological polar surface area (TPSA) is 96.0 Å². The van der Waals surface area contributed by atoms with E-state index in [1.54, 1.807) is 11.3 Å². The van der Waals surface area contributed by atoms with Crippen molar-refractivity contribution in [2.45, 2.75) is 26.8 Å². The van der Waals surface area contributed by atoms with Crippen LogP contribution < -0.4 is 16.0 Å². The van der Waals surface area contributed by atoms with E-state index in [1.807, 2.05) is 18.4 Å². The number of thiophene rings is 2. The molecule has 7 nitrogen and oxygen atoms in total. The minimum Gasteiger partial charge on any atom is -0.362 e. The van der Waals surface area contributed by atoms with Crippen LogP contribution >= 0.6 is 22.7 Å². The number of nitrogens with zero attached hydrogens (tertiary/aromatic N) is 2. The Morgan fingerprint density at radius 1 is 1.22 bits per heavy atom. The van der Waals surface area contributed by atoms with E-state index in [4.69, 9.17) is 0 Å². The average Bonchev–Trinajstić information content (AvgIpc) is 3.27. The van der Waals surface area contributed by atoms with Gasteiger partial charge in [-0.2, -0.15) is 0 Å². The number of aromatic nitrogens is 2. The second-order valence-corrected chi connectivity index (χ2v) is 8.06. The summed E-state index contributed by atoms with van der Waals surface area (Å²) in [5, 5.41) is 11.8. The van der Waals surface area contributed by atoms with Crippen molar-refractivity contribution in [1.82, 2.24) is 20.6 Å². The maximum Gasteiger partial charge on any atom is 0.261 e. The molecule has 0 saturated heterocycles. The van der Waals surface area contributed by atoms with Crippen LogP contribution in [-0.4, -0.2) is 34.9 Å². The van der Waals surface area contributed by atoms with Gasteiger partial charge in [0.1, 0.15) is 17.0 Å². The fourth-order valence-electron chi connectivity index (χ4n) is 2.71. The molecule has 9 heteroatoms. The quantitative estimate of drug-likeness (QED) is 0.527. The number of nitrogens with one attached hydrogen (secondary N) is 3. The summed E-state index contributed by atoms with van der Waals surface area (Å²) in [7, 11) is 0. The second-order valence-electron chi connectivity index (χ2n) is 6.08. The Bertz CT molecular complexity index is 952. The number of aryl methyl sites for hydroxylation is 1. The SMILES string of the molecule is CC(=O)NCCNC(=O)c1sc2ncnc(N[C@H](C)c3cccs3)c2c1C. The molecule has 3 aromatic heterocycles. The number of hydrogen-bond acceptors (Lipinski definition) is 7. The molecule has 3 N–H and O–H groups in total. The van der Waals surface area contributed by atoms with Crippen LogP contribution in [0.5, 0.6) is 0 Å². The molecule has 0 radical (unpaired) electrons. The monoisotopic (exact) mass is 403 g/mol. The van der Waals surface area contributed by atoms with Gasteiger partial charge in [-0.15, -0.1) is 22.7 Å². The Kier molecular flexibility index (Phi) is 6.02. The molecule has 0 unspecified atom stereocenters. The van der Waals surface area contributed by atoms with Crippen LogP contribution in [0, 0.1) is 6.92 Å². The number of carbonyl (C=O) groups excluding carboxylic acids is 2. The van der Waals surface area contributed by atoms with Gasteiger partial charge in [-0.3, -0.25) is 9.59 Å². The number of carbonyl (C=O) groups is 2. The van der Waals surface area contributed by atoms with Crippen molar-refractivity contribution in [1.29, 1.82) is 0 Å². The largest absolute Gasteiger partial charge is 0.362 e. The van der Waals surface area contributed by atoms with Crippen LogP contribution in [0.2, 0.25) is 0 Å². The van der Waals surface area contributed by atoms with Crippen LogP contribution in [0.1, 0.15) is 40.0 Å². The predicted molar refractivity (Wildman–Crippen MR) is 110 cm³/mol. The molecule has 0 bridgehead atoms. The third kappa shape index (κ3) is 4.42. The zero-order valence-electron chi connectivity index (χ0n) is 15.3. The molecule has 0 aliphatic heterocycles. The van der Waals surface area contributed by atoms with E-state index in [2.05, 4.69) is 38.9 Å². The Morgan fingerprint density at radius 2 is 2.00 bits per heavy atom. The molecular formula is C18H21N5O2S2. The fraction of sp³-hybridized carbons (Fsp3) is 0.333. The summed E-state index contributed by atoms with van der Waals surface area (Å²) < 4.78 is 0. The van der Waals surface area contributed by atoms with E-state index in [0.717, 1.165) is 21.6 Å². The second kappa shape index (κ2) is 8.45. The van der Waals surface area contributed by atoms with Crippen molar-refractivity contribution < 1.29 is 9.59 Å². The molecular weight excluding hydrogens is 382 g/mol. The molecule has 3 aromatic rings. The third-order valence-electron chi connectivity index (χ3n) is 4.04. The van der Waals surface area contributed by atoms with E-state index in [9.17, 15) is 9.59 Å². The van der Waals surface area contributed by atoms with E-state index >= 15 is 0 Å². The smallest absolute Gasteiger partial charge is 0.261 e.